The molecule has 0 radical (unpaired) electrons. The van der Waals surface area contributed by atoms with Gasteiger partial charge in [-0.3, -0.25) is 0 Å². The third kappa shape index (κ3) is 4.59. The summed E-state index contributed by atoms with van der Waals surface area (Å²) >= 11 is 6.36. The number of halogens is 1. The number of aliphatic carboxylic acids is 1. The highest BCUT2D eigenvalue weighted by Gasteiger charge is 2.34. The van der Waals surface area contributed by atoms with Gasteiger partial charge in [-0.25, -0.2) is 9.78 Å². The van der Waals surface area contributed by atoms with Crippen LogP contribution in [0.15, 0.2) is 48.7 Å². The molecule has 0 bridgehead atoms. The molecular weight excluding hydrogens is 338 g/mol. The summed E-state index contributed by atoms with van der Waals surface area (Å²) in [4.78, 5) is 15.0. The first kappa shape index (κ1) is 17.5. The number of hydrogen-bond donors (Lipinski definition) is 3. The Kier molecular flexibility index (Phi) is 5.36. The predicted octanol–water partition coefficient (Wildman–Crippen LogP) is 3.22. The molecule has 0 unspecified atom stereocenters. The fourth-order valence-electron chi connectivity index (χ4n) is 3.09. The van der Waals surface area contributed by atoms with Crippen molar-refractivity contribution in [3.63, 3.8) is 0 Å². The minimum absolute atomic E-state index is 0.142. The smallest absolute Gasteiger partial charge is 0.328 e. The summed E-state index contributed by atoms with van der Waals surface area (Å²) in [5.74, 6) is -0.383. The van der Waals surface area contributed by atoms with Gasteiger partial charge in [0.2, 0.25) is 0 Å². The van der Waals surface area contributed by atoms with E-state index in [9.17, 15) is 4.79 Å². The van der Waals surface area contributed by atoms with Crippen LogP contribution in [0.2, 0.25) is 5.02 Å². The molecular formula is C19H20ClN3O2. The van der Waals surface area contributed by atoms with Gasteiger partial charge in [-0.05, 0) is 42.7 Å². The van der Waals surface area contributed by atoms with Crippen molar-refractivity contribution in [2.24, 2.45) is 0 Å². The molecule has 2 aromatic rings. The van der Waals surface area contributed by atoms with E-state index in [0.717, 1.165) is 32.0 Å². The van der Waals surface area contributed by atoms with Crippen molar-refractivity contribution in [1.29, 1.82) is 0 Å². The van der Waals surface area contributed by atoms with Crippen LogP contribution < -0.4 is 10.6 Å². The largest absolute Gasteiger partial charge is 0.478 e. The predicted molar refractivity (Wildman–Crippen MR) is 99.9 cm³/mol. The van der Waals surface area contributed by atoms with Gasteiger partial charge in [-0.2, -0.15) is 0 Å². The first-order valence-electron chi connectivity index (χ1n) is 8.16. The Balaban J connectivity index is 1.79. The van der Waals surface area contributed by atoms with Crippen LogP contribution in [-0.4, -0.2) is 34.7 Å². The lowest BCUT2D eigenvalue weighted by atomic mass is 9.90. The zero-order chi connectivity index (χ0) is 17.7. The number of rotatable bonds is 6. The summed E-state index contributed by atoms with van der Waals surface area (Å²) in [5, 5.41) is 16.1. The van der Waals surface area contributed by atoms with Gasteiger partial charge in [0.1, 0.15) is 5.82 Å². The van der Waals surface area contributed by atoms with Crippen molar-refractivity contribution in [2.45, 2.75) is 18.4 Å². The number of carboxylic acids is 1. The van der Waals surface area contributed by atoms with E-state index in [-0.39, 0.29) is 5.54 Å². The second-order valence-electron chi connectivity index (χ2n) is 6.27. The molecule has 5 nitrogen and oxygen atoms in total. The average Bonchev–Trinajstić information content (AvgIpc) is 3.04. The Morgan fingerprint density at radius 2 is 2.20 bits per heavy atom. The van der Waals surface area contributed by atoms with Crippen molar-refractivity contribution in [2.75, 3.05) is 18.4 Å². The Morgan fingerprint density at radius 1 is 1.40 bits per heavy atom. The van der Waals surface area contributed by atoms with E-state index in [1.54, 1.807) is 12.3 Å². The van der Waals surface area contributed by atoms with Gasteiger partial charge in [0.05, 0.1) is 10.6 Å². The summed E-state index contributed by atoms with van der Waals surface area (Å²) in [5.41, 5.74) is 1.77. The Bertz CT molecular complexity index is 771. The van der Waals surface area contributed by atoms with Gasteiger partial charge < -0.3 is 15.7 Å². The highest BCUT2D eigenvalue weighted by molar-refractivity contribution is 6.33. The lowest BCUT2D eigenvalue weighted by molar-refractivity contribution is -0.131. The second kappa shape index (κ2) is 7.68. The highest BCUT2D eigenvalue weighted by atomic mass is 35.5. The summed E-state index contributed by atoms with van der Waals surface area (Å²) in [6, 6.07) is 12.1. The van der Waals surface area contributed by atoms with Crippen LogP contribution in [0.1, 0.15) is 17.5 Å². The zero-order valence-electron chi connectivity index (χ0n) is 13.7. The number of carboxylic acid groups (broad SMARTS) is 1. The SMILES string of the molecule is O=C(O)/C=C/c1cnc(N[C@]2(Cc3ccccc3)CCNC2)c(Cl)c1. The minimum atomic E-state index is -1.00. The van der Waals surface area contributed by atoms with Crippen molar-refractivity contribution >= 4 is 29.5 Å². The van der Waals surface area contributed by atoms with E-state index >= 15 is 0 Å². The molecule has 1 saturated heterocycles. The summed E-state index contributed by atoms with van der Waals surface area (Å²) < 4.78 is 0. The van der Waals surface area contributed by atoms with Crippen LogP contribution in [0.3, 0.4) is 0 Å². The number of hydrogen-bond acceptors (Lipinski definition) is 4. The first-order chi connectivity index (χ1) is 12.1. The maximum atomic E-state index is 10.6. The molecule has 130 valence electrons. The standard InChI is InChI=1S/C19H20ClN3O2/c20-16-10-15(6-7-17(24)25)12-22-18(16)23-19(8-9-21-13-19)11-14-4-2-1-3-5-14/h1-7,10,12,21H,8-9,11,13H2,(H,22,23)(H,24,25)/b7-6+/t19-/m0/s1. The molecule has 1 atom stereocenters. The van der Waals surface area contributed by atoms with Crippen LogP contribution in [0, 0.1) is 0 Å². The number of anilines is 1. The van der Waals surface area contributed by atoms with E-state index < -0.39 is 5.97 Å². The molecule has 3 rings (SSSR count). The van der Waals surface area contributed by atoms with Gasteiger partial charge in [0.15, 0.2) is 0 Å². The molecule has 0 spiro atoms. The van der Waals surface area contributed by atoms with Crippen LogP contribution >= 0.6 is 11.6 Å². The van der Waals surface area contributed by atoms with Crippen LogP contribution in [0.4, 0.5) is 5.82 Å². The van der Waals surface area contributed by atoms with Crippen LogP contribution in [-0.2, 0) is 11.2 Å². The average molecular weight is 358 g/mol. The van der Waals surface area contributed by atoms with Crippen molar-refractivity contribution in [1.82, 2.24) is 10.3 Å². The minimum Gasteiger partial charge on any atom is -0.478 e. The fourth-order valence-corrected chi connectivity index (χ4v) is 3.31. The molecule has 1 fully saturated rings. The lowest BCUT2D eigenvalue weighted by Crippen LogP contribution is -2.43. The lowest BCUT2D eigenvalue weighted by Gasteiger charge is -2.31. The molecule has 6 heteroatoms. The molecule has 1 aromatic carbocycles. The van der Waals surface area contributed by atoms with Crippen molar-refractivity contribution in [3.05, 3.63) is 64.8 Å². The third-order valence-corrected chi connectivity index (χ3v) is 4.58. The molecule has 1 aliphatic rings. The Labute approximate surface area is 151 Å². The quantitative estimate of drug-likeness (QED) is 0.692. The first-order valence-corrected chi connectivity index (χ1v) is 8.54. The molecule has 2 heterocycles. The zero-order valence-corrected chi connectivity index (χ0v) is 14.5. The van der Waals surface area contributed by atoms with Gasteiger partial charge in [-0.15, -0.1) is 0 Å². The molecule has 0 saturated carbocycles. The van der Waals surface area contributed by atoms with Gasteiger partial charge >= 0.3 is 5.97 Å². The van der Waals surface area contributed by atoms with Gasteiger partial charge in [0, 0.05) is 18.8 Å². The molecule has 1 aliphatic heterocycles. The summed E-state index contributed by atoms with van der Waals surface area (Å²) in [7, 11) is 0. The number of benzene rings is 1. The maximum Gasteiger partial charge on any atom is 0.328 e. The molecule has 25 heavy (non-hydrogen) atoms. The maximum absolute atomic E-state index is 10.6. The number of pyridine rings is 1. The van der Waals surface area contributed by atoms with E-state index in [2.05, 4.69) is 27.8 Å². The van der Waals surface area contributed by atoms with E-state index in [4.69, 9.17) is 16.7 Å². The highest BCUT2D eigenvalue weighted by Crippen LogP contribution is 2.29. The monoisotopic (exact) mass is 357 g/mol. The van der Waals surface area contributed by atoms with Crippen molar-refractivity contribution < 1.29 is 9.90 Å². The van der Waals surface area contributed by atoms with Crippen molar-refractivity contribution in [3.8, 4) is 0 Å². The Hall–Kier alpha value is -2.37. The number of nitrogens with zero attached hydrogens (tertiary/aromatic N) is 1. The second-order valence-corrected chi connectivity index (χ2v) is 6.67. The molecule has 3 N–H and O–H groups in total. The van der Waals surface area contributed by atoms with Crippen LogP contribution in [0.5, 0.6) is 0 Å². The molecule has 0 aliphatic carbocycles. The fraction of sp³-hybridized carbons (Fsp3) is 0.263. The van der Waals surface area contributed by atoms with E-state index in [0.29, 0.717) is 16.4 Å². The number of nitrogens with one attached hydrogen (secondary N) is 2. The molecule has 1 aromatic heterocycles. The third-order valence-electron chi connectivity index (χ3n) is 4.29. The normalized spacial score (nSPS) is 20.0. The topological polar surface area (TPSA) is 74.2 Å². The van der Waals surface area contributed by atoms with E-state index in [1.807, 2.05) is 18.2 Å². The number of aromatic nitrogens is 1. The van der Waals surface area contributed by atoms with Gasteiger partial charge in [-0.1, -0.05) is 41.9 Å². The summed E-state index contributed by atoms with van der Waals surface area (Å²) in [6.45, 7) is 1.78. The Morgan fingerprint density at radius 3 is 2.84 bits per heavy atom. The van der Waals surface area contributed by atoms with Crippen LogP contribution in [0.25, 0.3) is 6.08 Å². The van der Waals surface area contributed by atoms with E-state index in [1.165, 1.54) is 11.6 Å². The van der Waals surface area contributed by atoms with Gasteiger partial charge in [0.25, 0.3) is 0 Å². The number of carbonyl (C=O) groups is 1. The molecule has 0 amide bonds. The summed E-state index contributed by atoms with van der Waals surface area (Å²) in [6.07, 6.45) is 6.01.